The summed E-state index contributed by atoms with van der Waals surface area (Å²) in [5, 5.41) is 8.82. The monoisotopic (exact) mass is 217 g/mol. The number of benzene rings is 1. The van der Waals surface area contributed by atoms with Crippen molar-refractivity contribution in [2.45, 2.75) is 19.3 Å². The highest BCUT2D eigenvalue weighted by atomic mass is 16.4. The summed E-state index contributed by atoms with van der Waals surface area (Å²) in [6.07, 6.45) is 4.04. The zero-order valence-corrected chi connectivity index (χ0v) is 9.15. The fourth-order valence-electron chi connectivity index (χ4n) is 2.56. The largest absolute Gasteiger partial charge is 0.478 e. The van der Waals surface area contributed by atoms with Crippen LogP contribution in [0.25, 0.3) is 0 Å². The van der Waals surface area contributed by atoms with Crippen molar-refractivity contribution in [3.63, 3.8) is 0 Å². The average Bonchev–Trinajstić information content (AvgIpc) is 2.89. The number of nitrogens with zero attached hydrogens (tertiary/aromatic N) is 1. The van der Waals surface area contributed by atoms with Crippen molar-refractivity contribution in [2.24, 2.45) is 5.41 Å². The third-order valence-corrected chi connectivity index (χ3v) is 3.87. The summed E-state index contributed by atoms with van der Waals surface area (Å²) in [6, 6.07) is 7.22. The molecule has 1 saturated carbocycles. The summed E-state index contributed by atoms with van der Waals surface area (Å²) in [6.45, 7) is 2.27. The maximum Gasteiger partial charge on any atom is 0.335 e. The molecular formula is C13H15NO2. The van der Waals surface area contributed by atoms with Gasteiger partial charge in [-0.15, -0.1) is 0 Å². The summed E-state index contributed by atoms with van der Waals surface area (Å²) in [7, 11) is 0. The molecule has 1 aliphatic carbocycles. The van der Waals surface area contributed by atoms with Crippen molar-refractivity contribution in [1.29, 1.82) is 0 Å². The Kier molecular flexibility index (Phi) is 1.96. The van der Waals surface area contributed by atoms with Crippen LogP contribution in [0.3, 0.4) is 0 Å². The van der Waals surface area contributed by atoms with E-state index in [0.717, 1.165) is 18.8 Å². The van der Waals surface area contributed by atoms with E-state index in [2.05, 4.69) is 4.90 Å². The first-order valence-electron chi connectivity index (χ1n) is 5.77. The van der Waals surface area contributed by atoms with E-state index in [1.807, 2.05) is 12.1 Å². The molecule has 0 radical (unpaired) electrons. The van der Waals surface area contributed by atoms with Gasteiger partial charge >= 0.3 is 5.97 Å². The van der Waals surface area contributed by atoms with Crippen molar-refractivity contribution in [3.8, 4) is 0 Å². The third kappa shape index (κ3) is 1.56. The number of hydrogen-bond acceptors (Lipinski definition) is 2. The van der Waals surface area contributed by atoms with Gasteiger partial charge in [-0.3, -0.25) is 0 Å². The van der Waals surface area contributed by atoms with Crippen LogP contribution in [0.5, 0.6) is 0 Å². The van der Waals surface area contributed by atoms with Gasteiger partial charge in [-0.1, -0.05) is 0 Å². The van der Waals surface area contributed by atoms with Gasteiger partial charge in [-0.25, -0.2) is 4.79 Å². The molecule has 0 bridgehead atoms. The second-order valence-electron chi connectivity index (χ2n) is 5.02. The minimum Gasteiger partial charge on any atom is -0.478 e. The normalized spacial score (nSPS) is 21.4. The quantitative estimate of drug-likeness (QED) is 0.826. The molecule has 0 amide bonds. The van der Waals surface area contributed by atoms with Gasteiger partial charge in [0.05, 0.1) is 5.56 Å². The Morgan fingerprint density at radius 1 is 1.19 bits per heavy atom. The predicted octanol–water partition coefficient (Wildman–Crippen LogP) is 2.38. The predicted molar refractivity (Wildman–Crippen MR) is 61.9 cm³/mol. The molecule has 2 aliphatic rings. The topological polar surface area (TPSA) is 40.5 Å². The number of hydrogen-bond donors (Lipinski definition) is 1. The molecule has 1 spiro atoms. The molecular weight excluding hydrogens is 202 g/mol. The SMILES string of the molecule is O=C(O)c1ccc(N2CCC3(CC3)C2)cc1. The van der Waals surface area contributed by atoms with E-state index < -0.39 is 5.97 Å². The molecule has 1 saturated heterocycles. The molecule has 1 N–H and O–H groups in total. The lowest BCUT2D eigenvalue weighted by molar-refractivity contribution is 0.0697. The van der Waals surface area contributed by atoms with E-state index in [4.69, 9.17) is 5.11 Å². The Morgan fingerprint density at radius 2 is 1.88 bits per heavy atom. The maximum atomic E-state index is 10.7. The lowest BCUT2D eigenvalue weighted by atomic mass is 10.1. The van der Waals surface area contributed by atoms with Crippen molar-refractivity contribution >= 4 is 11.7 Å². The number of carbonyl (C=O) groups is 1. The number of carboxylic acid groups (broad SMARTS) is 1. The van der Waals surface area contributed by atoms with Crippen molar-refractivity contribution in [3.05, 3.63) is 29.8 Å². The Hall–Kier alpha value is -1.51. The van der Waals surface area contributed by atoms with Gasteiger partial charge in [0.1, 0.15) is 0 Å². The highest BCUT2D eigenvalue weighted by Gasteiger charge is 2.47. The van der Waals surface area contributed by atoms with Crippen LogP contribution in [-0.4, -0.2) is 24.2 Å². The first-order valence-corrected chi connectivity index (χ1v) is 5.77. The summed E-state index contributed by atoms with van der Waals surface area (Å²) >= 11 is 0. The molecule has 1 aromatic rings. The maximum absolute atomic E-state index is 10.7. The van der Waals surface area contributed by atoms with Gasteiger partial charge in [0.2, 0.25) is 0 Å². The van der Waals surface area contributed by atoms with Crippen LogP contribution in [0.4, 0.5) is 5.69 Å². The summed E-state index contributed by atoms with van der Waals surface area (Å²) < 4.78 is 0. The molecule has 84 valence electrons. The smallest absolute Gasteiger partial charge is 0.335 e. The fourth-order valence-corrected chi connectivity index (χ4v) is 2.56. The highest BCUT2D eigenvalue weighted by Crippen LogP contribution is 2.53. The first-order chi connectivity index (χ1) is 7.69. The Labute approximate surface area is 94.7 Å². The van der Waals surface area contributed by atoms with Crippen LogP contribution >= 0.6 is 0 Å². The van der Waals surface area contributed by atoms with E-state index in [0.29, 0.717) is 11.0 Å². The Balaban J connectivity index is 1.77. The molecule has 3 rings (SSSR count). The third-order valence-electron chi connectivity index (χ3n) is 3.87. The van der Waals surface area contributed by atoms with Crippen LogP contribution in [0.2, 0.25) is 0 Å². The lowest BCUT2D eigenvalue weighted by Gasteiger charge is -2.18. The van der Waals surface area contributed by atoms with Gasteiger partial charge in [0.25, 0.3) is 0 Å². The van der Waals surface area contributed by atoms with Gasteiger partial charge in [0.15, 0.2) is 0 Å². The Bertz CT molecular complexity index is 420. The average molecular weight is 217 g/mol. The standard InChI is InChI=1S/C13H15NO2/c15-12(16)10-1-3-11(4-2-10)14-8-7-13(9-14)5-6-13/h1-4H,5-9H2,(H,15,16). The van der Waals surface area contributed by atoms with Gasteiger partial charge in [0, 0.05) is 18.8 Å². The van der Waals surface area contributed by atoms with Crippen molar-refractivity contribution in [2.75, 3.05) is 18.0 Å². The molecule has 1 aliphatic heterocycles. The van der Waals surface area contributed by atoms with Crippen LogP contribution in [0.1, 0.15) is 29.6 Å². The Morgan fingerprint density at radius 3 is 2.38 bits per heavy atom. The first kappa shape index (κ1) is 9.70. The second kappa shape index (κ2) is 3.24. The van der Waals surface area contributed by atoms with E-state index in [1.165, 1.54) is 19.3 Å². The van der Waals surface area contributed by atoms with Crippen molar-refractivity contribution < 1.29 is 9.90 Å². The number of rotatable bonds is 2. The van der Waals surface area contributed by atoms with E-state index in [1.54, 1.807) is 12.1 Å². The minimum absolute atomic E-state index is 0.365. The van der Waals surface area contributed by atoms with Gasteiger partial charge in [-0.05, 0) is 48.9 Å². The number of aromatic carboxylic acids is 1. The summed E-state index contributed by atoms with van der Waals surface area (Å²) in [5.41, 5.74) is 2.14. The van der Waals surface area contributed by atoms with E-state index in [-0.39, 0.29) is 0 Å². The molecule has 1 heterocycles. The molecule has 0 atom stereocenters. The van der Waals surface area contributed by atoms with E-state index in [9.17, 15) is 4.79 Å². The van der Waals surface area contributed by atoms with Crippen molar-refractivity contribution in [1.82, 2.24) is 0 Å². The van der Waals surface area contributed by atoms with Crippen LogP contribution in [0, 0.1) is 5.41 Å². The number of anilines is 1. The van der Waals surface area contributed by atoms with E-state index >= 15 is 0 Å². The molecule has 16 heavy (non-hydrogen) atoms. The van der Waals surface area contributed by atoms with Gasteiger partial charge < -0.3 is 10.0 Å². The molecule has 3 heteroatoms. The van der Waals surface area contributed by atoms with Gasteiger partial charge in [-0.2, -0.15) is 0 Å². The number of carboxylic acids is 1. The molecule has 3 nitrogen and oxygen atoms in total. The minimum atomic E-state index is -0.855. The second-order valence-corrected chi connectivity index (χ2v) is 5.02. The lowest BCUT2D eigenvalue weighted by Crippen LogP contribution is -2.19. The molecule has 0 aromatic heterocycles. The molecule has 2 fully saturated rings. The highest BCUT2D eigenvalue weighted by molar-refractivity contribution is 5.88. The molecule has 0 unspecified atom stereocenters. The summed E-state index contributed by atoms with van der Waals surface area (Å²) in [4.78, 5) is 13.1. The fraction of sp³-hybridized carbons (Fsp3) is 0.462. The summed E-state index contributed by atoms with van der Waals surface area (Å²) in [5.74, 6) is -0.855. The van der Waals surface area contributed by atoms with Crippen LogP contribution < -0.4 is 4.90 Å². The zero-order chi connectivity index (χ0) is 11.2. The van der Waals surface area contributed by atoms with Crippen LogP contribution in [-0.2, 0) is 0 Å². The zero-order valence-electron chi connectivity index (χ0n) is 9.15. The molecule has 1 aromatic carbocycles. The van der Waals surface area contributed by atoms with Crippen LogP contribution in [0.15, 0.2) is 24.3 Å².